The minimum atomic E-state index is -0.0767. The van der Waals surface area contributed by atoms with Crippen LogP contribution in [0.1, 0.15) is 23.3 Å². The van der Waals surface area contributed by atoms with Gasteiger partial charge in [0, 0.05) is 27.2 Å². The number of anilines is 1. The fraction of sp³-hybridized carbons (Fsp3) is 0.571. The summed E-state index contributed by atoms with van der Waals surface area (Å²) in [5.74, 6) is 1.38. The average molecular weight is 263 g/mol. The number of aromatic nitrogens is 1. The van der Waals surface area contributed by atoms with E-state index in [0.29, 0.717) is 24.7 Å². The molecule has 0 aliphatic heterocycles. The second-order valence-corrected chi connectivity index (χ2v) is 4.90. The van der Waals surface area contributed by atoms with Crippen molar-refractivity contribution in [3.63, 3.8) is 0 Å². The summed E-state index contributed by atoms with van der Waals surface area (Å²) >= 11 is 0. The van der Waals surface area contributed by atoms with Crippen molar-refractivity contribution < 1.29 is 9.53 Å². The zero-order valence-electron chi connectivity index (χ0n) is 11.6. The van der Waals surface area contributed by atoms with Crippen molar-refractivity contribution in [2.24, 2.45) is 5.92 Å². The molecule has 0 spiro atoms. The Balaban J connectivity index is 1.79. The molecule has 1 amide bonds. The van der Waals surface area contributed by atoms with Crippen molar-refractivity contribution >= 4 is 11.7 Å². The molecule has 1 saturated carbocycles. The second-order valence-electron chi connectivity index (χ2n) is 4.90. The van der Waals surface area contributed by atoms with Crippen LogP contribution in [0.15, 0.2) is 18.2 Å². The maximum atomic E-state index is 12.1. The molecule has 1 aromatic heterocycles. The van der Waals surface area contributed by atoms with Crippen LogP contribution in [0.5, 0.6) is 0 Å². The first kappa shape index (κ1) is 13.8. The van der Waals surface area contributed by atoms with Gasteiger partial charge in [-0.05, 0) is 30.9 Å². The van der Waals surface area contributed by atoms with Crippen molar-refractivity contribution in [2.45, 2.75) is 12.8 Å². The Bertz CT molecular complexity index is 432. The largest absolute Gasteiger partial charge is 0.379 e. The normalized spacial score (nSPS) is 14.2. The van der Waals surface area contributed by atoms with Crippen LogP contribution < -0.4 is 5.32 Å². The van der Waals surface area contributed by atoms with Crippen molar-refractivity contribution in [2.75, 3.05) is 39.2 Å². The van der Waals surface area contributed by atoms with E-state index in [1.165, 1.54) is 12.8 Å². The molecular weight excluding hydrogens is 242 g/mol. The predicted octanol–water partition coefficient (Wildman–Crippen LogP) is 1.62. The van der Waals surface area contributed by atoms with Gasteiger partial charge in [-0.15, -0.1) is 0 Å². The van der Waals surface area contributed by atoms with E-state index in [0.717, 1.165) is 12.5 Å². The van der Waals surface area contributed by atoms with Crippen LogP contribution >= 0.6 is 0 Å². The van der Waals surface area contributed by atoms with Crippen LogP contribution in [0.2, 0.25) is 0 Å². The lowest BCUT2D eigenvalue weighted by Gasteiger charge is -2.17. The van der Waals surface area contributed by atoms with Crippen LogP contribution in [0, 0.1) is 5.92 Å². The van der Waals surface area contributed by atoms with Gasteiger partial charge in [0.25, 0.3) is 5.91 Å². The summed E-state index contributed by atoms with van der Waals surface area (Å²) in [6.07, 6.45) is 2.57. The van der Waals surface area contributed by atoms with Gasteiger partial charge in [0.15, 0.2) is 0 Å². The third-order valence-corrected chi connectivity index (χ3v) is 3.19. The van der Waals surface area contributed by atoms with Gasteiger partial charge in [-0.25, -0.2) is 4.98 Å². The molecule has 0 atom stereocenters. The molecule has 0 aromatic carbocycles. The maximum absolute atomic E-state index is 12.1. The van der Waals surface area contributed by atoms with E-state index in [2.05, 4.69) is 10.3 Å². The Hall–Kier alpha value is -1.62. The second kappa shape index (κ2) is 6.52. The summed E-state index contributed by atoms with van der Waals surface area (Å²) in [6, 6.07) is 5.38. The highest BCUT2D eigenvalue weighted by molar-refractivity contribution is 5.92. The van der Waals surface area contributed by atoms with Crippen LogP contribution in [0.25, 0.3) is 0 Å². The molecule has 1 fully saturated rings. The molecule has 0 radical (unpaired) electrons. The molecule has 1 N–H and O–H groups in total. The lowest BCUT2D eigenvalue weighted by atomic mass is 10.3. The molecular formula is C14H21N3O2. The molecule has 5 nitrogen and oxygen atoms in total. The number of hydrogen-bond acceptors (Lipinski definition) is 4. The SMILES string of the molecule is CNc1cccc(C(=O)N(C)CCOCC2CC2)n1. The van der Waals surface area contributed by atoms with Gasteiger partial charge >= 0.3 is 0 Å². The van der Waals surface area contributed by atoms with E-state index >= 15 is 0 Å². The van der Waals surface area contributed by atoms with E-state index in [-0.39, 0.29) is 5.91 Å². The van der Waals surface area contributed by atoms with Crippen molar-refractivity contribution in [1.29, 1.82) is 0 Å². The first-order chi connectivity index (χ1) is 9.20. The predicted molar refractivity (Wildman–Crippen MR) is 74.3 cm³/mol. The van der Waals surface area contributed by atoms with E-state index < -0.39 is 0 Å². The van der Waals surface area contributed by atoms with E-state index in [1.54, 1.807) is 25.1 Å². The number of carbonyl (C=O) groups is 1. The Morgan fingerprint density at radius 1 is 1.53 bits per heavy atom. The number of pyridine rings is 1. The van der Waals surface area contributed by atoms with E-state index in [9.17, 15) is 4.79 Å². The first-order valence-corrected chi connectivity index (χ1v) is 6.68. The summed E-state index contributed by atoms with van der Waals surface area (Å²) in [4.78, 5) is 18.0. The fourth-order valence-electron chi connectivity index (χ4n) is 1.73. The van der Waals surface area contributed by atoms with Gasteiger partial charge in [0.1, 0.15) is 11.5 Å². The summed E-state index contributed by atoms with van der Waals surface area (Å²) in [5, 5.41) is 2.93. The number of ether oxygens (including phenoxy) is 1. The number of amides is 1. The number of carbonyl (C=O) groups excluding carboxylic acids is 1. The van der Waals surface area contributed by atoms with Gasteiger partial charge < -0.3 is 15.0 Å². The van der Waals surface area contributed by atoms with Crippen molar-refractivity contribution in [3.8, 4) is 0 Å². The average Bonchev–Trinajstić information content (AvgIpc) is 3.26. The van der Waals surface area contributed by atoms with Crippen LogP contribution in [-0.4, -0.2) is 49.6 Å². The molecule has 0 bridgehead atoms. The minimum Gasteiger partial charge on any atom is -0.379 e. The molecule has 1 aliphatic carbocycles. The summed E-state index contributed by atoms with van der Waals surface area (Å²) in [6.45, 7) is 2.01. The highest BCUT2D eigenvalue weighted by Gasteiger charge is 2.21. The first-order valence-electron chi connectivity index (χ1n) is 6.68. The molecule has 1 aromatic rings. The minimum absolute atomic E-state index is 0.0767. The number of hydrogen-bond donors (Lipinski definition) is 1. The molecule has 104 valence electrons. The number of nitrogens with zero attached hydrogens (tertiary/aromatic N) is 2. The third kappa shape index (κ3) is 4.21. The third-order valence-electron chi connectivity index (χ3n) is 3.19. The topological polar surface area (TPSA) is 54.5 Å². The molecule has 1 aliphatic rings. The standard InChI is InChI=1S/C14H21N3O2/c1-15-13-5-3-4-12(16-13)14(18)17(2)8-9-19-10-11-6-7-11/h3-5,11H,6-10H2,1-2H3,(H,15,16). The van der Waals surface area contributed by atoms with Crippen LogP contribution in [0.3, 0.4) is 0 Å². The number of rotatable bonds is 7. The van der Waals surface area contributed by atoms with Gasteiger partial charge in [-0.1, -0.05) is 6.07 Å². The molecule has 0 saturated heterocycles. The van der Waals surface area contributed by atoms with Crippen LogP contribution in [0.4, 0.5) is 5.82 Å². The molecule has 1 heterocycles. The Morgan fingerprint density at radius 3 is 3.00 bits per heavy atom. The van der Waals surface area contributed by atoms with E-state index in [4.69, 9.17) is 4.74 Å². The summed E-state index contributed by atoms with van der Waals surface area (Å²) in [5.41, 5.74) is 0.455. The molecule has 2 rings (SSSR count). The van der Waals surface area contributed by atoms with Gasteiger partial charge in [-0.2, -0.15) is 0 Å². The maximum Gasteiger partial charge on any atom is 0.272 e. The Labute approximate surface area is 114 Å². The van der Waals surface area contributed by atoms with Crippen molar-refractivity contribution in [1.82, 2.24) is 9.88 Å². The monoisotopic (exact) mass is 263 g/mol. The highest BCUT2D eigenvalue weighted by Crippen LogP contribution is 2.28. The zero-order chi connectivity index (χ0) is 13.7. The molecule has 0 unspecified atom stereocenters. The summed E-state index contributed by atoms with van der Waals surface area (Å²) in [7, 11) is 3.56. The molecule has 19 heavy (non-hydrogen) atoms. The van der Waals surface area contributed by atoms with Crippen LogP contribution in [-0.2, 0) is 4.74 Å². The number of nitrogens with one attached hydrogen (secondary N) is 1. The van der Waals surface area contributed by atoms with E-state index in [1.807, 2.05) is 12.1 Å². The van der Waals surface area contributed by atoms with Gasteiger partial charge in [0.05, 0.1) is 6.61 Å². The Morgan fingerprint density at radius 2 is 2.32 bits per heavy atom. The lowest BCUT2D eigenvalue weighted by Crippen LogP contribution is -2.31. The van der Waals surface area contributed by atoms with Gasteiger partial charge in [0.2, 0.25) is 0 Å². The lowest BCUT2D eigenvalue weighted by molar-refractivity contribution is 0.0676. The Kier molecular flexibility index (Phi) is 4.74. The fourth-order valence-corrected chi connectivity index (χ4v) is 1.73. The van der Waals surface area contributed by atoms with Crippen molar-refractivity contribution in [3.05, 3.63) is 23.9 Å². The molecule has 5 heteroatoms. The quantitative estimate of drug-likeness (QED) is 0.760. The highest BCUT2D eigenvalue weighted by atomic mass is 16.5. The smallest absolute Gasteiger partial charge is 0.272 e. The summed E-state index contributed by atoms with van der Waals surface area (Å²) < 4.78 is 5.53. The van der Waals surface area contributed by atoms with Gasteiger partial charge in [-0.3, -0.25) is 4.79 Å². The number of likely N-dealkylation sites (N-methyl/N-ethyl adjacent to an activating group) is 1. The zero-order valence-corrected chi connectivity index (χ0v) is 11.6.